The molecule has 0 aliphatic carbocycles. The Balaban J connectivity index is 1.97. The van der Waals surface area contributed by atoms with Crippen LogP contribution in [0.5, 0.6) is 0 Å². The molecule has 3 rings (SSSR count). The van der Waals surface area contributed by atoms with Gasteiger partial charge in [-0.05, 0) is 24.5 Å². The van der Waals surface area contributed by atoms with Crippen molar-refractivity contribution in [2.24, 2.45) is 10.9 Å². The molecule has 1 aromatic carbocycles. The van der Waals surface area contributed by atoms with Crippen LogP contribution in [0.3, 0.4) is 0 Å². The average Bonchev–Trinajstić information content (AvgIpc) is 3.11. The van der Waals surface area contributed by atoms with E-state index in [0.29, 0.717) is 0 Å². The van der Waals surface area contributed by atoms with Gasteiger partial charge in [0.05, 0.1) is 6.07 Å². The molecule has 1 atom stereocenters. The van der Waals surface area contributed by atoms with E-state index in [1.165, 1.54) is 5.56 Å². The smallest absolute Gasteiger partial charge is 0.180 e. The summed E-state index contributed by atoms with van der Waals surface area (Å²) in [4.78, 5) is 19.1. The molecule has 0 saturated heterocycles. The molecule has 1 unspecified atom stereocenters. The normalized spacial score (nSPS) is 21.7. The van der Waals surface area contributed by atoms with E-state index < -0.39 is 5.92 Å². The van der Waals surface area contributed by atoms with Crippen LogP contribution in [0.4, 0.5) is 5.69 Å². The number of carbonyl (C=O) groups is 1. The van der Waals surface area contributed by atoms with Gasteiger partial charge in [-0.2, -0.15) is 5.26 Å². The Morgan fingerprint density at radius 3 is 2.78 bits per heavy atom. The number of hydrogen-bond acceptors (Lipinski definition) is 4. The molecule has 4 nitrogen and oxygen atoms in total. The minimum Gasteiger partial charge on any atom is -0.347 e. The summed E-state index contributed by atoms with van der Waals surface area (Å²) >= 11 is 0. The van der Waals surface area contributed by atoms with Gasteiger partial charge in [0.25, 0.3) is 0 Å². The summed E-state index contributed by atoms with van der Waals surface area (Å²) in [6.45, 7) is 4.96. The zero-order valence-electron chi connectivity index (χ0n) is 13.8. The van der Waals surface area contributed by atoms with Crippen molar-refractivity contribution in [3.05, 3.63) is 41.6 Å². The van der Waals surface area contributed by atoms with Crippen LogP contribution in [0.15, 0.2) is 41.0 Å². The standard InChI is InChI=1S/C19H21N3O/c1-19(2)14-7-4-5-9-16(14)22(3)18(19)11-17(23)13(12-20)15-8-6-10-21-15/h4-5,7,9,11,13H,6,8,10H2,1-3H3/b18-11+. The summed E-state index contributed by atoms with van der Waals surface area (Å²) in [5.41, 5.74) is 3.74. The van der Waals surface area contributed by atoms with Crippen LogP contribution in [-0.4, -0.2) is 25.1 Å². The summed E-state index contributed by atoms with van der Waals surface area (Å²) in [5, 5.41) is 9.41. The first kappa shape index (κ1) is 15.5. The monoisotopic (exact) mass is 307 g/mol. The minimum absolute atomic E-state index is 0.157. The maximum atomic E-state index is 12.7. The number of para-hydroxylation sites is 1. The van der Waals surface area contributed by atoms with Gasteiger partial charge in [0.15, 0.2) is 5.78 Å². The SMILES string of the molecule is CN1/C(=C/C(=O)C(C#N)C2=NCCC2)C(C)(C)c2ccccc21. The van der Waals surface area contributed by atoms with Crippen molar-refractivity contribution in [2.45, 2.75) is 32.1 Å². The molecule has 0 bridgehead atoms. The van der Waals surface area contributed by atoms with E-state index in [1.807, 2.05) is 19.2 Å². The number of nitrogens with zero attached hydrogens (tertiary/aromatic N) is 3. The highest BCUT2D eigenvalue weighted by atomic mass is 16.1. The van der Waals surface area contributed by atoms with Crippen LogP contribution in [0.25, 0.3) is 0 Å². The number of fused-ring (bicyclic) bond motifs is 1. The molecule has 118 valence electrons. The van der Waals surface area contributed by atoms with Gasteiger partial charge in [-0.1, -0.05) is 32.0 Å². The number of anilines is 1. The van der Waals surface area contributed by atoms with E-state index >= 15 is 0 Å². The highest BCUT2D eigenvalue weighted by Gasteiger charge is 2.39. The zero-order valence-corrected chi connectivity index (χ0v) is 13.8. The molecule has 2 aliphatic heterocycles. The second-order valence-corrected chi connectivity index (χ2v) is 6.67. The largest absolute Gasteiger partial charge is 0.347 e. The molecule has 1 aromatic rings. The number of likely N-dealkylation sites (N-methyl/N-ethyl adjacent to an activating group) is 1. The third-order valence-electron chi connectivity index (χ3n) is 4.87. The zero-order chi connectivity index (χ0) is 16.6. The van der Waals surface area contributed by atoms with Gasteiger partial charge in [0.2, 0.25) is 0 Å². The quantitative estimate of drug-likeness (QED) is 0.806. The van der Waals surface area contributed by atoms with Crippen LogP contribution in [0.1, 0.15) is 32.3 Å². The fourth-order valence-corrected chi connectivity index (χ4v) is 3.58. The lowest BCUT2D eigenvalue weighted by molar-refractivity contribution is -0.115. The Bertz CT molecular complexity index is 752. The highest BCUT2D eigenvalue weighted by molar-refractivity contribution is 6.12. The number of ketones is 1. The Morgan fingerprint density at radius 2 is 2.17 bits per heavy atom. The molecule has 0 amide bonds. The summed E-state index contributed by atoms with van der Waals surface area (Å²) < 4.78 is 0. The van der Waals surface area contributed by atoms with E-state index in [1.54, 1.807) is 6.08 Å². The van der Waals surface area contributed by atoms with E-state index in [-0.39, 0.29) is 11.2 Å². The molecular weight excluding hydrogens is 286 g/mol. The third kappa shape index (κ3) is 2.46. The molecule has 0 fully saturated rings. The molecule has 2 aliphatic rings. The molecule has 0 N–H and O–H groups in total. The predicted molar refractivity (Wildman–Crippen MR) is 91.6 cm³/mol. The van der Waals surface area contributed by atoms with Crippen molar-refractivity contribution < 1.29 is 4.79 Å². The maximum Gasteiger partial charge on any atom is 0.180 e. The van der Waals surface area contributed by atoms with Crippen molar-refractivity contribution in [1.29, 1.82) is 5.26 Å². The van der Waals surface area contributed by atoms with E-state index in [0.717, 1.165) is 36.5 Å². The molecule has 0 spiro atoms. The molecule has 4 heteroatoms. The molecule has 2 heterocycles. The minimum atomic E-state index is -0.738. The maximum absolute atomic E-state index is 12.7. The van der Waals surface area contributed by atoms with Crippen LogP contribution < -0.4 is 4.90 Å². The lowest BCUT2D eigenvalue weighted by Gasteiger charge is -2.24. The third-order valence-corrected chi connectivity index (χ3v) is 4.87. The Labute approximate surface area is 137 Å². The topological polar surface area (TPSA) is 56.5 Å². The van der Waals surface area contributed by atoms with Gasteiger partial charge in [-0.15, -0.1) is 0 Å². The van der Waals surface area contributed by atoms with Crippen LogP contribution in [0, 0.1) is 17.2 Å². The van der Waals surface area contributed by atoms with Gasteiger partial charge < -0.3 is 4.90 Å². The Hall–Kier alpha value is -2.41. The summed E-state index contributed by atoms with van der Waals surface area (Å²) in [7, 11) is 1.97. The fourth-order valence-electron chi connectivity index (χ4n) is 3.58. The lowest BCUT2D eigenvalue weighted by atomic mass is 9.82. The Kier molecular flexibility index (Phi) is 3.81. The van der Waals surface area contributed by atoms with E-state index in [2.05, 4.69) is 41.9 Å². The average molecular weight is 307 g/mol. The first-order valence-corrected chi connectivity index (χ1v) is 7.99. The number of allylic oxidation sites excluding steroid dienone is 2. The van der Waals surface area contributed by atoms with Crippen molar-refractivity contribution in [3.63, 3.8) is 0 Å². The van der Waals surface area contributed by atoms with Gasteiger partial charge in [-0.25, -0.2) is 0 Å². The number of nitriles is 1. The van der Waals surface area contributed by atoms with Gasteiger partial charge >= 0.3 is 0 Å². The molecule has 23 heavy (non-hydrogen) atoms. The highest BCUT2D eigenvalue weighted by Crippen LogP contribution is 2.46. The molecule has 0 radical (unpaired) electrons. The molecular formula is C19H21N3O. The van der Waals surface area contributed by atoms with Crippen LogP contribution >= 0.6 is 0 Å². The summed E-state index contributed by atoms with van der Waals surface area (Å²) in [6, 6.07) is 10.3. The molecule has 0 saturated carbocycles. The fraction of sp³-hybridized carbons (Fsp3) is 0.421. The number of aliphatic imine (C=N–C) groups is 1. The predicted octanol–water partition coefficient (Wildman–Crippen LogP) is 3.24. The number of hydrogen-bond donors (Lipinski definition) is 0. The number of benzene rings is 1. The lowest BCUT2D eigenvalue weighted by Crippen LogP contribution is -2.27. The van der Waals surface area contributed by atoms with Gasteiger partial charge in [0.1, 0.15) is 5.92 Å². The van der Waals surface area contributed by atoms with Crippen molar-refractivity contribution in [1.82, 2.24) is 0 Å². The van der Waals surface area contributed by atoms with Crippen LogP contribution in [0.2, 0.25) is 0 Å². The van der Waals surface area contributed by atoms with Crippen LogP contribution in [-0.2, 0) is 10.2 Å². The van der Waals surface area contributed by atoms with Gasteiger partial charge in [0, 0.05) is 42.2 Å². The second-order valence-electron chi connectivity index (χ2n) is 6.67. The first-order valence-electron chi connectivity index (χ1n) is 7.99. The van der Waals surface area contributed by atoms with Crippen molar-refractivity contribution in [2.75, 3.05) is 18.5 Å². The molecule has 0 aromatic heterocycles. The van der Waals surface area contributed by atoms with E-state index in [4.69, 9.17) is 0 Å². The summed E-state index contributed by atoms with van der Waals surface area (Å²) in [5.74, 6) is -0.895. The van der Waals surface area contributed by atoms with Gasteiger partial charge in [-0.3, -0.25) is 9.79 Å². The number of rotatable bonds is 3. The van der Waals surface area contributed by atoms with E-state index in [9.17, 15) is 10.1 Å². The second kappa shape index (κ2) is 5.66. The van der Waals surface area contributed by atoms with Crippen molar-refractivity contribution >= 4 is 17.2 Å². The van der Waals surface area contributed by atoms with Crippen molar-refractivity contribution in [3.8, 4) is 6.07 Å². The first-order chi connectivity index (χ1) is 11.0. The Morgan fingerprint density at radius 1 is 1.43 bits per heavy atom. The summed E-state index contributed by atoms with van der Waals surface area (Å²) in [6.07, 6.45) is 3.34. The number of carbonyl (C=O) groups excluding carboxylic acids is 1.